The molecule has 2 aliphatic rings. The van der Waals surface area contributed by atoms with Gasteiger partial charge in [0.2, 0.25) is 0 Å². The molecular formula is C15H19BrClN. The average molecular weight is 329 g/mol. The summed E-state index contributed by atoms with van der Waals surface area (Å²) in [5.74, 6) is 2.80. The van der Waals surface area contributed by atoms with Crippen molar-refractivity contribution in [3.8, 4) is 0 Å². The van der Waals surface area contributed by atoms with Crippen LogP contribution < -0.4 is 5.73 Å². The summed E-state index contributed by atoms with van der Waals surface area (Å²) in [5, 5.41) is 0.760. The summed E-state index contributed by atoms with van der Waals surface area (Å²) in [6.45, 7) is 0. The Bertz CT molecular complexity index is 448. The Balaban J connectivity index is 1.67. The summed E-state index contributed by atoms with van der Waals surface area (Å²) in [4.78, 5) is 0. The van der Waals surface area contributed by atoms with Crippen molar-refractivity contribution in [3.63, 3.8) is 0 Å². The maximum absolute atomic E-state index is 6.35. The molecule has 1 aromatic rings. The molecule has 0 spiro atoms. The van der Waals surface area contributed by atoms with Gasteiger partial charge in [-0.1, -0.05) is 24.1 Å². The van der Waals surface area contributed by atoms with Gasteiger partial charge >= 0.3 is 0 Å². The van der Waals surface area contributed by atoms with Gasteiger partial charge in [-0.25, -0.2) is 0 Å². The molecule has 1 nitrogen and oxygen atoms in total. The Morgan fingerprint density at radius 2 is 2.17 bits per heavy atom. The largest absolute Gasteiger partial charge is 0.324 e. The molecule has 0 aliphatic heterocycles. The topological polar surface area (TPSA) is 26.0 Å². The smallest absolute Gasteiger partial charge is 0.0551 e. The molecule has 0 radical (unpaired) electrons. The van der Waals surface area contributed by atoms with Crippen LogP contribution >= 0.6 is 27.5 Å². The Morgan fingerprint density at radius 3 is 2.78 bits per heavy atom. The van der Waals surface area contributed by atoms with E-state index in [-0.39, 0.29) is 6.04 Å². The quantitative estimate of drug-likeness (QED) is 0.836. The van der Waals surface area contributed by atoms with E-state index in [4.69, 9.17) is 17.3 Å². The highest BCUT2D eigenvalue weighted by molar-refractivity contribution is 9.10. The van der Waals surface area contributed by atoms with Crippen LogP contribution in [-0.4, -0.2) is 0 Å². The van der Waals surface area contributed by atoms with Crippen LogP contribution in [0.5, 0.6) is 0 Å². The van der Waals surface area contributed by atoms with Crippen molar-refractivity contribution in [1.29, 1.82) is 0 Å². The standard InChI is InChI=1S/C15H19BrClN/c16-13-4-3-11(7-14(13)17)15(18)8-12-6-9-1-2-10(12)5-9/h3-4,7,9-10,12,15H,1-2,5-6,8,18H2. The third-order valence-corrected chi connectivity index (χ3v) is 6.05. The number of rotatable bonds is 3. The Kier molecular flexibility index (Phi) is 3.70. The van der Waals surface area contributed by atoms with Crippen LogP contribution in [-0.2, 0) is 0 Å². The fraction of sp³-hybridized carbons (Fsp3) is 0.600. The second kappa shape index (κ2) is 5.15. The van der Waals surface area contributed by atoms with E-state index < -0.39 is 0 Å². The fourth-order valence-corrected chi connectivity index (χ4v) is 4.31. The van der Waals surface area contributed by atoms with Gasteiger partial charge in [0.1, 0.15) is 0 Å². The predicted octanol–water partition coefficient (Wildman–Crippen LogP) is 4.93. The summed E-state index contributed by atoms with van der Waals surface area (Å²) in [6, 6.07) is 6.23. The van der Waals surface area contributed by atoms with Gasteiger partial charge < -0.3 is 5.73 Å². The minimum atomic E-state index is 0.139. The maximum atomic E-state index is 6.35. The number of benzene rings is 1. The van der Waals surface area contributed by atoms with E-state index in [0.29, 0.717) is 0 Å². The number of halogens is 2. The van der Waals surface area contributed by atoms with Crippen molar-refractivity contribution in [2.45, 2.75) is 38.1 Å². The minimum absolute atomic E-state index is 0.139. The van der Waals surface area contributed by atoms with Crippen LogP contribution in [0.15, 0.2) is 22.7 Å². The fourth-order valence-electron chi connectivity index (χ4n) is 3.87. The second-order valence-electron chi connectivity index (χ2n) is 5.95. The molecule has 0 aromatic heterocycles. The minimum Gasteiger partial charge on any atom is -0.324 e. The summed E-state index contributed by atoms with van der Waals surface area (Å²) < 4.78 is 0.944. The SMILES string of the molecule is NC(CC1CC2CCC1C2)c1ccc(Br)c(Cl)c1. The van der Waals surface area contributed by atoms with Gasteiger partial charge in [-0.2, -0.15) is 0 Å². The molecule has 3 heteroatoms. The first kappa shape index (κ1) is 13.0. The molecule has 3 rings (SSSR count). The maximum Gasteiger partial charge on any atom is 0.0551 e. The zero-order valence-corrected chi connectivity index (χ0v) is 12.8. The lowest BCUT2D eigenvalue weighted by molar-refractivity contribution is 0.296. The van der Waals surface area contributed by atoms with Crippen LogP contribution in [0.2, 0.25) is 5.02 Å². The monoisotopic (exact) mass is 327 g/mol. The van der Waals surface area contributed by atoms with Crippen molar-refractivity contribution >= 4 is 27.5 Å². The molecule has 98 valence electrons. The van der Waals surface area contributed by atoms with E-state index in [9.17, 15) is 0 Å². The van der Waals surface area contributed by atoms with E-state index >= 15 is 0 Å². The first-order valence-electron chi connectivity index (χ1n) is 6.84. The molecule has 2 saturated carbocycles. The van der Waals surface area contributed by atoms with Gasteiger partial charge in [0.25, 0.3) is 0 Å². The van der Waals surface area contributed by atoms with Crippen LogP contribution in [0.4, 0.5) is 0 Å². The highest BCUT2D eigenvalue weighted by Gasteiger charge is 2.39. The molecule has 2 fully saturated rings. The van der Waals surface area contributed by atoms with Crippen LogP contribution in [0.3, 0.4) is 0 Å². The predicted molar refractivity (Wildman–Crippen MR) is 79.6 cm³/mol. The van der Waals surface area contributed by atoms with E-state index in [0.717, 1.165) is 33.7 Å². The molecule has 0 amide bonds. The molecular weight excluding hydrogens is 310 g/mol. The normalized spacial score (nSPS) is 31.8. The number of hydrogen-bond acceptors (Lipinski definition) is 1. The van der Waals surface area contributed by atoms with Gasteiger partial charge in [0.05, 0.1) is 5.02 Å². The second-order valence-corrected chi connectivity index (χ2v) is 7.21. The van der Waals surface area contributed by atoms with Gasteiger partial charge in [-0.05, 0) is 77.1 Å². The van der Waals surface area contributed by atoms with Crippen molar-refractivity contribution in [3.05, 3.63) is 33.3 Å². The van der Waals surface area contributed by atoms with E-state index in [1.807, 2.05) is 12.1 Å². The summed E-state index contributed by atoms with van der Waals surface area (Å²) in [6.07, 6.45) is 6.88. The van der Waals surface area contributed by atoms with Crippen molar-refractivity contribution in [2.24, 2.45) is 23.5 Å². The molecule has 2 aliphatic carbocycles. The first-order valence-corrected chi connectivity index (χ1v) is 8.01. The number of hydrogen-bond donors (Lipinski definition) is 1. The van der Waals surface area contributed by atoms with Crippen molar-refractivity contribution < 1.29 is 0 Å². The third-order valence-electron chi connectivity index (χ3n) is 4.81. The molecule has 2 bridgehead atoms. The molecule has 1 aromatic carbocycles. The van der Waals surface area contributed by atoms with E-state index in [1.54, 1.807) is 0 Å². The Hall–Kier alpha value is -0.0500. The molecule has 2 N–H and O–H groups in total. The molecule has 4 unspecified atom stereocenters. The third kappa shape index (κ3) is 2.48. The van der Waals surface area contributed by atoms with Gasteiger partial charge in [0, 0.05) is 10.5 Å². The van der Waals surface area contributed by atoms with Crippen LogP contribution in [0.25, 0.3) is 0 Å². The number of nitrogens with two attached hydrogens (primary N) is 1. The lowest BCUT2D eigenvalue weighted by Crippen LogP contribution is -2.19. The average Bonchev–Trinajstić information content (AvgIpc) is 2.94. The molecule has 18 heavy (non-hydrogen) atoms. The van der Waals surface area contributed by atoms with E-state index in [2.05, 4.69) is 22.0 Å². The van der Waals surface area contributed by atoms with Crippen molar-refractivity contribution in [2.75, 3.05) is 0 Å². The lowest BCUT2D eigenvalue weighted by atomic mass is 9.83. The summed E-state index contributed by atoms with van der Waals surface area (Å²) in [7, 11) is 0. The highest BCUT2D eigenvalue weighted by Crippen LogP contribution is 2.50. The highest BCUT2D eigenvalue weighted by atomic mass is 79.9. The summed E-state index contributed by atoms with van der Waals surface area (Å²) >= 11 is 9.56. The Morgan fingerprint density at radius 1 is 1.33 bits per heavy atom. The van der Waals surface area contributed by atoms with Crippen LogP contribution in [0, 0.1) is 17.8 Å². The van der Waals surface area contributed by atoms with Gasteiger partial charge in [0.15, 0.2) is 0 Å². The molecule has 4 atom stereocenters. The van der Waals surface area contributed by atoms with E-state index in [1.165, 1.54) is 31.2 Å². The number of fused-ring (bicyclic) bond motifs is 2. The zero-order chi connectivity index (χ0) is 12.7. The lowest BCUT2D eigenvalue weighted by Gasteiger charge is -2.25. The van der Waals surface area contributed by atoms with Gasteiger partial charge in [-0.15, -0.1) is 0 Å². The Labute approximate surface area is 122 Å². The zero-order valence-electron chi connectivity index (χ0n) is 10.4. The van der Waals surface area contributed by atoms with Crippen molar-refractivity contribution in [1.82, 2.24) is 0 Å². The first-order chi connectivity index (χ1) is 8.63. The molecule has 0 heterocycles. The summed E-state index contributed by atoms with van der Waals surface area (Å²) in [5.41, 5.74) is 7.52. The van der Waals surface area contributed by atoms with Gasteiger partial charge in [-0.3, -0.25) is 0 Å². The van der Waals surface area contributed by atoms with Crippen LogP contribution in [0.1, 0.15) is 43.7 Å². The molecule has 0 saturated heterocycles.